The molecule has 2 amide bonds. The third-order valence-electron chi connectivity index (χ3n) is 4.77. The van der Waals surface area contributed by atoms with Crippen molar-refractivity contribution >= 4 is 24.2 Å². The summed E-state index contributed by atoms with van der Waals surface area (Å²) in [6.07, 6.45) is 0.858. The van der Waals surface area contributed by atoms with Crippen LogP contribution in [0.2, 0.25) is 0 Å². The van der Waals surface area contributed by atoms with E-state index in [0.717, 1.165) is 38.3 Å². The molecule has 1 aromatic carbocycles. The molecule has 1 aromatic rings. The van der Waals surface area contributed by atoms with Crippen LogP contribution < -0.4 is 10.6 Å². The number of likely N-dealkylation sites (tertiary alicyclic amines) is 1. The number of carbonyl (C=O) groups is 2. The van der Waals surface area contributed by atoms with E-state index in [-0.39, 0.29) is 30.4 Å². The summed E-state index contributed by atoms with van der Waals surface area (Å²) in [5, 5.41) is 5.90. The standard InChI is InChI=1S/C17H21F2N3O2.ClH/c18-13-3-4-14(15(19)6-13)17(24)21-5-1-2-16(23)22-9-11-7-20-8-12(11)10-22;/h3-4,6,11-12,20H,1-2,5,7-10H2,(H,21,24);1H/t11-,12+;. The maximum atomic E-state index is 13.5. The van der Waals surface area contributed by atoms with Gasteiger partial charge in [0.05, 0.1) is 5.56 Å². The Morgan fingerprint density at radius 3 is 2.52 bits per heavy atom. The van der Waals surface area contributed by atoms with Gasteiger partial charge < -0.3 is 15.5 Å². The Bertz CT molecular complexity index is 632. The summed E-state index contributed by atoms with van der Waals surface area (Å²) in [4.78, 5) is 25.9. The van der Waals surface area contributed by atoms with Crippen LogP contribution in [0.3, 0.4) is 0 Å². The number of rotatable bonds is 5. The molecule has 0 aromatic heterocycles. The summed E-state index contributed by atoms with van der Waals surface area (Å²) in [6, 6.07) is 2.83. The Hall–Kier alpha value is -1.73. The average Bonchev–Trinajstić information content (AvgIpc) is 3.12. The highest BCUT2D eigenvalue weighted by atomic mass is 35.5. The molecule has 2 atom stereocenters. The topological polar surface area (TPSA) is 61.4 Å². The number of nitrogens with zero attached hydrogens (tertiary/aromatic N) is 1. The first-order valence-electron chi connectivity index (χ1n) is 8.26. The summed E-state index contributed by atoms with van der Waals surface area (Å²) in [7, 11) is 0. The number of hydrogen-bond donors (Lipinski definition) is 2. The van der Waals surface area contributed by atoms with Crippen molar-refractivity contribution in [1.82, 2.24) is 15.5 Å². The maximum absolute atomic E-state index is 13.5. The molecule has 25 heavy (non-hydrogen) atoms. The third kappa shape index (κ3) is 4.67. The third-order valence-corrected chi connectivity index (χ3v) is 4.77. The highest BCUT2D eigenvalue weighted by Gasteiger charge is 2.37. The van der Waals surface area contributed by atoms with Gasteiger partial charge in [-0.2, -0.15) is 0 Å². The maximum Gasteiger partial charge on any atom is 0.254 e. The van der Waals surface area contributed by atoms with E-state index < -0.39 is 17.5 Å². The van der Waals surface area contributed by atoms with Gasteiger partial charge in [0.1, 0.15) is 11.6 Å². The van der Waals surface area contributed by atoms with Crippen LogP contribution in [0.4, 0.5) is 8.78 Å². The quantitative estimate of drug-likeness (QED) is 0.770. The van der Waals surface area contributed by atoms with Gasteiger partial charge in [-0.05, 0) is 30.4 Å². The van der Waals surface area contributed by atoms with Gasteiger partial charge in [-0.15, -0.1) is 12.4 Å². The predicted octanol–water partition coefficient (Wildman–Crippen LogP) is 1.57. The Balaban J connectivity index is 0.00000225. The second-order valence-corrected chi connectivity index (χ2v) is 6.46. The van der Waals surface area contributed by atoms with Crippen LogP contribution in [0.5, 0.6) is 0 Å². The lowest BCUT2D eigenvalue weighted by molar-refractivity contribution is -0.130. The number of fused-ring (bicyclic) bond motifs is 1. The summed E-state index contributed by atoms with van der Waals surface area (Å²) in [5.74, 6) is -0.973. The first-order chi connectivity index (χ1) is 11.5. The van der Waals surface area contributed by atoms with E-state index in [0.29, 0.717) is 30.7 Å². The molecule has 2 fully saturated rings. The SMILES string of the molecule is Cl.O=C(NCCCC(=O)N1C[C@H]2CNC[C@H]2C1)c1ccc(F)cc1F. The normalized spacial score (nSPS) is 21.6. The van der Waals surface area contributed by atoms with Gasteiger partial charge in [0.25, 0.3) is 5.91 Å². The fourth-order valence-electron chi connectivity index (χ4n) is 3.43. The highest BCUT2D eigenvalue weighted by molar-refractivity contribution is 5.94. The van der Waals surface area contributed by atoms with E-state index in [9.17, 15) is 18.4 Å². The van der Waals surface area contributed by atoms with Gasteiger partial charge in [-0.1, -0.05) is 0 Å². The summed E-state index contributed by atoms with van der Waals surface area (Å²) in [6.45, 7) is 3.86. The first-order valence-corrected chi connectivity index (χ1v) is 8.26. The fourth-order valence-corrected chi connectivity index (χ4v) is 3.43. The minimum atomic E-state index is -0.888. The van der Waals surface area contributed by atoms with Crippen LogP contribution in [0.15, 0.2) is 18.2 Å². The molecule has 5 nitrogen and oxygen atoms in total. The van der Waals surface area contributed by atoms with E-state index in [4.69, 9.17) is 0 Å². The zero-order valence-electron chi connectivity index (χ0n) is 13.8. The predicted molar refractivity (Wildman–Crippen MR) is 91.6 cm³/mol. The van der Waals surface area contributed by atoms with Gasteiger partial charge >= 0.3 is 0 Å². The lowest BCUT2D eigenvalue weighted by Crippen LogP contribution is -2.32. The molecule has 0 aliphatic carbocycles. The van der Waals surface area contributed by atoms with E-state index >= 15 is 0 Å². The van der Waals surface area contributed by atoms with Gasteiger partial charge in [0, 0.05) is 45.2 Å². The average molecular weight is 374 g/mol. The number of nitrogens with one attached hydrogen (secondary N) is 2. The minimum Gasteiger partial charge on any atom is -0.352 e. The van der Waals surface area contributed by atoms with E-state index in [2.05, 4.69) is 10.6 Å². The summed E-state index contributed by atoms with van der Waals surface area (Å²) < 4.78 is 26.3. The molecule has 138 valence electrons. The molecule has 0 spiro atoms. The molecule has 0 saturated carbocycles. The Morgan fingerprint density at radius 2 is 1.88 bits per heavy atom. The molecule has 8 heteroatoms. The summed E-state index contributed by atoms with van der Waals surface area (Å²) >= 11 is 0. The van der Waals surface area contributed by atoms with E-state index in [1.54, 1.807) is 0 Å². The molecular formula is C17H22ClF2N3O2. The Kier molecular flexibility index (Phi) is 6.72. The van der Waals surface area contributed by atoms with Crippen LogP contribution in [0, 0.1) is 23.5 Å². The summed E-state index contributed by atoms with van der Waals surface area (Å²) in [5.41, 5.74) is -0.192. The fraction of sp³-hybridized carbons (Fsp3) is 0.529. The molecule has 2 aliphatic heterocycles. The number of halogens is 3. The highest BCUT2D eigenvalue weighted by Crippen LogP contribution is 2.26. The van der Waals surface area contributed by atoms with Gasteiger partial charge in [-0.3, -0.25) is 9.59 Å². The van der Waals surface area contributed by atoms with Gasteiger partial charge in [0.15, 0.2) is 0 Å². The zero-order chi connectivity index (χ0) is 17.1. The molecule has 0 radical (unpaired) electrons. The molecule has 2 saturated heterocycles. The van der Waals surface area contributed by atoms with Crippen LogP contribution in [-0.2, 0) is 4.79 Å². The van der Waals surface area contributed by atoms with Crippen molar-refractivity contribution in [1.29, 1.82) is 0 Å². The number of amides is 2. The van der Waals surface area contributed by atoms with Crippen LogP contribution >= 0.6 is 12.4 Å². The first kappa shape index (κ1) is 19.6. The second-order valence-electron chi connectivity index (χ2n) is 6.46. The lowest BCUT2D eigenvalue weighted by atomic mass is 10.0. The van der Waals surface area contributed by atoms with Crippen molar-refractivity contribution in [3.05, 3.63) is 35.4 Å². The van der Waals surface area contributed by atoms with Gasteiger partial charge in [-0.25, -0.2) is 8.78 Å². The van der Waals surface area contributed by atoms with E-state index in [1.165, 1.54) is 0 Å². The van der Waals surface area contributed by atoms with Crippen LogP contribution in [-0.4, -0.2) is 49.4 Å². The van der Waals surface area contributed by atoms with Crippen molar-refractivity contribution < 1.29 is 18.4 Å². The van der Waals surface area contributed by atoms with E-state index in [1.807, 2.05) is 4.90 Å². The molecule has 2 N–H and O–H groups in total. The molecular weight excluding hydrogens is 352 g/mol. The molecule has 2 aliphatic rings. The molecule has 0 unspecified atom stereocenters. The molecule has 0 bridgehead atoms. The van der Waals surface area contributed by atoms with Crippen molar-refractivity contribution in [2.45, 2.75) is 12.8 Å². The van der Waals surface area contributed by atoms with Crippen molar-refractivity contribution in [3.8, 4) is 0 Å². The molecule has 3 rings (SSSR count). The van der Waals surface area contributed by atoms with Crippen LogP contribution in [0.25, 0.3) is 0 Å². The molecule has 2 heterocycles. The van der Waals surface area contributed by atoms with Crippen molar-refractivity contribution in [2.24, 2.45) is 11.8 Å². The van der Waals surface area contributed by atoms with Crippen molar-refractivity contribution in [2.75, 3.05) is 32.7 Å². The number of benzene rings is 1. The Morgan fingerprint density at radius 1 is 1.20 bits per heavy atom. The minimum absolute atomic E-state index is 0. The number of carbonyl (C=O) groups excluding carboxylic acids is 2. The monoisotopic (exact) mass is 373 g/mol. The van der Waals surface area contributed by atoms with Gasteiger partial charge in [0.2, 0.25) is 5.91 Å². The second kappa shape index (κ2) is 8.58. The zero-order valence-corrected chi connectivity index (χ0v) is 14.6. The van der Waals surface area contributed by atoms with Crippen LogP contribution in [0.1, 0.15) is 23.2 Å². The smallest absolute Gasteiger partial charge is 0.254 e. The largest absolute Gasteiger partial charge is 0.352 e. The van der Waals surface area contributed by atoms with Crippen molar-refractivity contribution in [3.63, 3.8) is 0 Å². The lowest BCUT2D eigenvalue weighted by Gasteiger charge is -2.17. The Labute approximate surface area is 151 Å². The number of hydrogen-bond acceptors (Lipinski definition) is 3.